The van der Waals surface area contributed by atoms with Crippen molar-refractivity contribution in [2.45, 2.75) is 0 Å². The summed E-state index contributed by atoms with van der Waals surface area (Å²) < 4.78 is 5.31. The van der Waals surface area contributed by atoms with Gasteiger partial charge in [-0.15, -0.1) is 10.2 Å². The van der Waals surface area contributed by atoms with Crippen LogP contribution in [-0.2, 0) is 0 Å². The molecule has 0 spiro atoms. The van der Waals surface area contributed by atoms with Crippen LogP contribution in [0.4, 0.5) is 11.6 Å². The van der Waals surface area contributed by atoms with E-state index < -0.39 is 0 Å². The second-order valence-corrected chi connectivity index (χ2v) is 6.47. The average molecular weight is 389 g/mol. The lowest BCUT2D eigenvalue weighted by atomic mass is 10.1. The van der Waals surface area contributed by atoms with Crippen molar-refractivity contribution in [3.8, 4) is 28.3 Å². The number of azo groups is 1. The average Bonchev–Trinajstić information content (AvgIpc) is 3.18. The summed E-state index contributed by atoms with van der Waals surface area (Å²) >= 11 is 6.06. The Labute approximate surface area is 167 Å². The minimum atomic E-state index is 0.403. The minimum Gasteiger partial charge on any atom is -0.494 e. The molecule has 0 atom stereocenters. The van der Waals surface area contributed by atoms with Gasteiger partial charge in [0.1, 0.15) is 11.4 Å². The van der Waals surface area contributed by atoms with E-state index in [2.05, 4.69) is 20.2 Å². The van der Waals surface area contributed by atoms with Gasteiger partial charge in [-0.2, -0.15) is 0 Å². The molecule has 0 aliphatic heterocycles. The molecule has 138 valence electrons. The van der Waals surface area contributed by atoms with Crippen LogP contribution < -0.4 is 4.74 Å². The van der Waals surface area contributed by atoms with Crippen LogP contribution in [0.5, 0.6) is 5.75 Å². The standard InChI is InChI=1S/C22H17ClN4O/c1-28-19-13-12-17(23)14-18(19)26-27-22-24-20(15-8-4-2-5-9-15)21(25-22)16-10-6-3-7-11-16/h2-14H,1H3,(H,24,25). The number of benzene rings is 3. The van der Waals surface area contributed by atoms with Crippen LogP contribution in [0.2, 0.25) is 5.02 Å². The topological polar surface area (TPSA) is 62.6 Å². The molecule has 28 heavy (non-hydrogen) atoms. The van der Waals surface area contributed by atoms with E-state index in [0.29, 0.717) is 22.4 Å². The molecule has 0 bridgehead atoms. The highest BCUT2D eigenvalue weighted by atomic mass is 35.5. The molecule has 0 radical (unpaired) electrons. The van der Waals surface area contributed by atoms with Gasteiger partial charge in [0.2, 0.25) is 5.95 Å². The normalized spacial score (nSPS) is 11.1. The van der Waals surface area contributed by atoms with Crippen molar-refractivity contribution in [3.63, 3.8) is 0 Å². The highest BCUT2D eigenvalue weighted by Crippen LogP contribution is 2.34. The number of rotatable bonds is 5. The lowest BCUT2D eigenvalue weighted by molar-refractivity contribution is 0.416. The molecule has 1 N–H and O–H groups in total. The number of nitrogens with zero attached hydrogens (tertiary/aromatic N) is 3. The number of nitrogens with one attached hydrogen (secondary N) is 1. The molecule has 3 aromatic carbocycles. The van der Waals surface area contributed by atoms with Gasteiger partial charge in [-0.25, -0.2) is 4.98 Å². The molecule has 0 unspecified atom stereocenters. The van der Waals surface area contributed by atoms with Crippen molar-refractivity contribution < 1.29 is 4.74 Å². The van der Waals surface area contributed by atoms with E-state index in [4.69, 9.17) is 16.3 Å². The first-order chi connectivity index (χ1) is 13.7. The quantitative estimate of drug-likeness (QED) is 0.381. The fraction of sp³-hybridized carbons (Fsp3) is 0.0455. The third-order valence-electron chi connectivity index (χ3n) is 4.19. The van der Waals surface area contributed by atoms with Crippen molar-refractivity contribution in [2.24, 2.45) is 10.2 Å². The van der Waals surface area contributed by atoms with Gasteiger partial charge in [-0.3, -0.25) is 0 Å². The van der Waals surface area contributed by atoms with E-state index in [1.54, 1.807) is 25.3 Å². The predicted octanol–water partition coefficient (Wildman–Crippen LogP) is 6.82. The minimum absolute atomic E-state index is 0.403. The number of ether oxygens (including phenoxy) is 1. The lowest BCUT2D eigenvalue weighted by Gasteiger charge is -2.02. The number of imidazole rings is 1. The van der Waals surface area contributed by atoms with Crippen molar-refractivity contribution in [1.82, 2.24) is 9.97 Å². The first kappa shape index (κ1) is 17.9. The third-order valence-corrected chi connectivity index (χ3v) is 4.43. The number of H-pyrrole nitrogens is 1. The first-order valence-electron chi connectivity index (χ1n) is 8.71. The molecule has 0 amide bonds. The van der Waals surface area contributed by atoms with Crippen molar-refractivity contribution >= 4 is 23.2 Å². The number of aromatic amines is 1. The zero-order valence-corrected chi connectivity index (χ0v) is 15.9. The zero-order valence-electron chi connectivity index (χ0n) is 15.1. The Morgan fingerprint density at radius 2 is 1.54 bits per heavy atom. The summed E-state index contributed by atoms with van der Waals surface area (Å²) in [4.78, 5) is 7.93. The lowest BCUT2D eigenvalue weighted by Crippen LogP contribution is -1.82. The highest BCUT2D eigenvalue weighted by Gasteiger charge is 2.14. The van der Waals surface area contributed by atoms with E-state index in [0.717, 1.165) is 22.5 Å². The van der Waals surface area contributed by atoms with E-state index in [1.807, 2.05) is 60.7 Å². The molecule has 4 aromatic rings. The van der Waals surface area contributed by atoms with Gasteiger partial charge in [-0.1, -0.05) is 72.3 Å². The fourth-order valence-electron chi connectivity index (χ4n) is 2.87. The van der Waals surface area contributed by atoms with Crippen molar-refractivity contribution in [3.05, 3.63) is 83.9 Å². The predicted molar refractivity (Wildman–Crippen MR) is 112 cm³/mol. The molecule has 0 fully saturated rings. The van der Waals surface area contributed by atoms with Crippen LogP contribution in [0.25, 0.3) is 22.5 Å². The van der Waals surface area contributed by atoms with Crippen LogP contribution in [0.15, 0.2) is 89.1 Å². The SMILES string of the molecule is COc1ccc(Cl)cc1N=Nc1nc(-c2ccccc2)c(-c2ccccc2)[nH]1. The summed E-state index contributed by atoms with van der Waals surface area (Å²) in [5.74, 6) is 0.992. The maximum Gasteiger partial charge on any atom is 0.247 e. The smallest absolute Gasteiger partial charge is 0.247 e. The first-order valence-corrected chi connectivity index (χ1v) is 9.08. The molecular weight excluding hydrogens is 372 g/mol. The Morgan fingerprint density at radius 3 is 2.21 bits per heavy atom. The van der Waals surface area contributed by atoms with Gasteiger partial charge in [-0.05, 0) is 18.2 Å². The monoisotopic (exact) mass is 388 g/mol. The Hall–Kier alpha value is -3.44. The molecule has 0 aliphatic carbocycles. The van der Waals surface area contributed by atoms with Gasteiger partial charge in [0.25, 0.3) is 0 Å². The summed E-state index contributed by atoms with van der Waals surface area (Å²) in [5, 5.41) is 9.11. The van der Waals surface area contributed by atoms with Crippen LogP contribution in [0.1, 0.15) is 0 Å². The Morgan fingerprint density at radius 1 is 0.857 bits per heavy atom. The second kappa shape index (κ2) is 8.06. The van der Waals surface area contributed by atoms with Crippen molar-refractivity contribution in [2.75, 3.05) is 7.11 Å². The molecule has 1 aromatic heterocycles. The molecule has 6 heteroatoms. The summed E-state index contributed by atoms with van der Waals surface area (Å²) in [7, 11) is 1.58. The molecule has 0 saturated carbocycles. The van der Waals surface area contributed by atoms with Gasteiger partial charge in [0.05, 0.1) is 18.5 Å². The number of hydrogen-bond acceptors (Lipinski definition) is 4. The highest BCUT2D eigenvalue weighted by molar-refractivity contribution is 6.30. The van der Waals surface area contributed by atoms with Crippen LogP contribution >= 0.6 is 11.6 Å². The molecule has 1 heterocycles. The Bertz CT molecular complexity index is 1050. The number of methoxy groups -OCH3 is 1. The van der Waals surface area contributed by atoms with Gasteiger partial charge >= 0.3 is 0 Å². The molecular formula is C22H17ClN4O. The molecule has 0 aliphatic rings. The summed E-state index contributed by atoms with van der Waals surface area (Å²) in [6.07, 6.45) is 0. The van der Waals surface area contributed by atoms with Crippen LogP contribution in [0, 0.1) is 0 Å². The maximum absolute atomic E-state index is 6.06. The van der Waals surface area contributed by atoms with Crippen molar-refractivity contribution in [1.29, 1.82) is 0 Å². The van der Waals surface area contributed by atoms with E-state index >= 15 is 0 Å². The third kappa shape index (κ3) is 3.80. The molecule has 5 nitrogen and oxygen atoms in total. The largest absolute Gasteiger partial charge is 0.494 e. The van der Waals surface area contributed by atoms with E-state index in [1.165, 1.54) is 0 Å². The number of halogens is 1. The number of hydrogen-bond donors (Lipinski definition) is 1. The second-order valence-electron chi connectivity index (χ2n) is 6.03. The fourth-order valence-corrected chi connectivity index (χ4v) is 3.04. The molecule has 4 rings (SSSR count). The Kier molecular flexibility index (Phi) is 5.17. The zero-order chi connectivity index (χ0) is 19.3. The van der Waals surface area contributed by atoms with Gasteiger partial charge < -0.3 is 9.72 Å². The van der Waals surface area contributed by atoms with Gasteiger partial charge in [0.15, 0.2) is 0 Å². The van der Waals surface area contributed by atoms with E-state index in [-0.39, 0.29) is 0 Å². The van der Waals surface area contributed by atoms with Crippen LogP contribution in [0.3, 0.4) is 0 Å². The summed E-state index contributed by atoms with van der Waals surface area (Å²) in [6.45, 7) is 0. The summed E-state index contributed by atoms with van der Waals surface area (Å²) in [6, 6.07) is 25.2. The maximum atomic E-state index is 6.06. The van der Waals surface area contributed by atoms with Gasteiger partial charge in [0, 0.05) is 16.1 Å². The Balaban J connectivity index is 1.77. The molecule has 0 saturated heterocycles. The number of aromatic nitrogens is 2. The van der Waals surface area contributed by atoms with E-state index in [9.17, 15) is 0 Å². The summed E-state index contributed by atoms with van der Waals surface area (Å²) in [5.41, 5.74) is 4.27. The van der Waals surface area contributed by atoms with Crippen LogP contribution in [-0.4, -0.2) is 17.1 Å².